The van der Waals surface area contributed by atoms with Gasteiger partial charge in [-0.15, -0.1) is 0 Å². The first-order valence-electron chi connectivity index (χ1n) is 7.39. The molecular formula is C14H27N3. The van der Waals surface area contributed by atoms with Crippen LogP contribution in [0.5, 0.6) is 0 Å². The van der Waals surface area contributed by atoms with Crippen molar-refractivity contribution in [3.05, 3.63) is 0 Å². The van der Waals surface area contributed by atoms with E-state index in [4.69, 9.17) is 5.73 Å². The molecule has 3 nitrogen and oxygen atoms in total. The third-order valence-electron chi connectivity index (χ3n) is 4.26. The van der Waals surface area contributed by atoms with Crippen LogP contribution in [0.4, 0.5) is 0 Å². The van der Waals surface area contributed by atoms with E-state index in [2.05, 4.69) is 10.3 Å². The first kappa shape index (κ1) is 12.7. The second-order valence-electron chi connectivity index (χ2n) is 5.79. The minimum Gasteiger partial charge on any atom is -0.370 e. The Balaban J connectivity index is 1.85. The molecule has 1 saturated carbocycles. The van der Waals surface area contributed by atoms with E-state index in [9.17, 15) is 0 Å². The van der Waals surface area contributed by atoms with Crippen molar-refractivity contribution in [2.75, 3.05) is 6.54 Å². The Morgan fingerprint density at radius 3 is 1.71 bits per heavy atom. The van der Waals surface area contributed by atoms with Gasteiger partial charge < -0.3 is 11.1 Å². The van der Waals surface area contributed by atoms with Gasteiger partial charge in [-0.3, -0.25) is 4.99 Å². The number of rotatable bonds is 0. The van der Waals surface area contributed by atoms with E-state index in [-0.39, 0.29) is 5.54 Å². The lowest BCUT2D eigenvalue weighted by molar-refractivity contribution is 0.322. The molecule has 0 bridgehead atoms. The van der Waals surface area contributed by atoms with Crippen LogP contribution in [0.2, 0.25) is 0 Å². The normalized spacial score (nSPS) is 26.7. The topological polar surface area (TPSA) is 50.4 Å². The highest BCUT2D eigenvalue weighted by atomic mass is 15.2. The predicted molar refractivity (Wildman–Crippen MR) is 73.1 cm³/mol. The second kappa shape index (κ2) is 6.27. The zero-order chi connectivity index (χ0) is 12.0. The van der Waals surface area contributed by atoms with E-state index in [1.54, 1.807) is 0 Å². The van der Waals surface area contributed by atoms with E-state index in [0.717, 1.165) is 6.54 Å². The number of guanidine groups is 1. The Morgan fingerprint density at radius 1 is 0.824 bits per heavy atom. The van der Waals surface area contributed by atoms with Crippen LogP contribution < -0.4 is 11.1 Å². The maximum Gasteiger partial charge on any atom is 0.189 e. The summed E-state index contributed by atoms with van der Waals surface area (Å²) in [5.74, 6) is 0.664. The smallest absolute Gasteiger partial charge is 0.189 e. The Hall–Kier alpha value is -0.730. The van der Waals surface area contributed by atoms with Crippen LogP contribution in [0.3, 0.4) is 0 Å². The summed E-state index contributed by atoms with van der Waals surface area (Å²) in [7, 11) is 0. The molecule has 0 atom stereocenters. The number of nitrogens with zero attached hydrogens (tertiary/aromatic N) is 1. The molecule has 0 radical (unpaired) electrons. The second-order valence-corrected chi connectivity index (χ2v) is 5.79. The molecule has 98 valence electrons. The lowest BCUT2D eigenvalue weighted by Gasteiger charge is -2.29. The van der Waals surface area contributed by atoms with Crippen LogP contribution in [-0.2, 0) is 0 Å². The number of nitrogens with one attached hydrogen (secondary N) is 1. The highest BCUT2D eigenvalue weighted by Crippen LogP contribution is 2.27. The number of nitrogens with two attached hydrogens (primary N) is 1. The van der Waals surface area contributed by atoms with Gasteiger partial charge in [0.05, 0.1) is 12.1 Å². The van der Waals surface area contributed by atoms with Crippen LogP contribution in [0.1, 0.15) is 70.6 Å². The van der Waals surface area contributed by atoms with Gasteiger partial charge in [-0.2, -0.15) is 0 Å². The molecule has 2 rings (SSSR count). The minimum atomic E-state index is 0.212. The van der Waals surface area contributed by atoms with Crippen molar-refractivity contribution in [3.8, 4) is 0 Å². The summed E-state index contributed by atoms with van der Waals surface area (Å²) < 4.78 is 0. The van der Waals surface area contributed by atoms with Crippen molar-refractivity contribution in [2.24, 2.45) is 10.7 Å². The van der Waals surface area contributed by atoms with Crippen molar-refractivity contribution in [3.63, 3.8) is 0 Å². The van der Waals surface area contributed by atoms with Gasteiger partial charge in [-0.1, -0.05) is 57.8 Å². The van der Waals surface area contributed by atoms with Crippen LogP contribution in [0, 0.1) is 0 Å². The van der Waals surface area contributed by atoms with Gasteiger partial charge >= 0.3 is 0 Å². The molecule has 1 aliphatic carbocycles. The Morgan fingerprint density at radius 2 is 1.29 bits per heavy atom. The van der Waals surface area contributed by atoms with Crippen LogP contribution in [0.25, 0.3) is 0 Å². The summed E-state index contributed by atoms with van der Waals surface area (Å²) in [4.78, 5) is 4.36. The van der Waals surface area contributed by atoms with E-state index < -0.39 is 0 Å². The highest BCUT2D eigenvalue weighted by molar-refractivity contribution is 5.80. The molecule has 3 N–H and O–H groups in total. The largest absolute Gasteiger partial charge is 0.370 e. The molecule has 0 saturated heterocycles. The summed E-state index contributed by atoms with van der Waals surface area (Å²) in [6.07, 6.45) is 15.0. The molecule has 1 heterocycles. The molecule has 0 aromatic heterocycles. The quantitative estimate of drug-likeness (QED) is 0.680. The first-order valence-corrected chi connectivity index (χ1v) is 7.39. The fourth-order valence-corrected chi connectivity index (χ4v) is 3.16. The van der Waals surface area contributed by atoms with E-state index in [0.29, 0.717) is 5.96 Å². The molecule has 0 aromatic rings. The third kappa shape index (κ3) is 3.90. The van der Waals surface area contributed by atoms with Gasteiger partial charge in [0.15, 0.2) is 5.96 Å². The zero-order valence-corrected chi connectivity index (χ0v) is 11.0. The maximum atomic E-state index is 5.80. The molecule has 0 amide bonds. The highest BCUT2D eigenvalue weighted by Gasteiger charge is 2.33. The summed E-state index contributed by atoms with van der Waals surface area (Å²) in [6.45, 7) is 0.902. The Kier molecular flexibility index (Phi) is 4.69. The van der Waals surface area contributed by atoms with Gasteiger partial charge in [-0.05, 0) is 12.8 Å². The Bertz CT molecular complexity index is 248. The molecule has 1 spiro atoms. The van der Waals surface area contributed by atoms with Crippen LogP contribution in [0.15, 0.2) is 4.99 Å². The lowest BCUT2D eigenvalue weighted by atomic mass is 9.86. The third-order valence-corrected chi connectivity index (χ3v) is 4.26. The standard InChI is InChI=1S/C14H27N3/c15-13-16-12-14(17-13)10-8-6-4-2-1-3-5-7-9-11-14/h1-12H2,(H3,15,16,17). The van der Waals surface area contributed by atoms with Gasteiger partial charge in [0.25, 0.3) is 0 Å². The van der Waals surface area contributed by atoms with Crippen molar-refractivity contribution in [2.45, 2.75) is 76.2 Å². The Labute approximate surface area is 105 Å². The fraction of sp³-hybridized carbons (Fsp3) is 0.929. The summed E-state index contributed by atoms with van der Waals surface area (Å²) in [6, 6.07) is 0. The average Bonchev–Trinajstić information content (AvgIpc) is 2.66. The van der Waals surface area contributed by atoms with Gasteiger partial charge in [0, 0.05) is 0 Å². The molecule has 1 fully saturated rings. The van der Waals surface area contributed by atoms with Crippen LogP contribution in [-0.4, -0.2) is 18.0 Å². The van der Waals surface area contributed by atoms with Gasteiger partial charge in [-0.25, -0.2) is 0 Å². The molecule has 2 aliphatic rings. The van der Waals surface area contributed by atoms with E-state index >= 15 is 0 Å². The number of hydrogen-bond donors (Lipinski definition) is 2. The molecule has 0 unspecified atom stereocenters. The number of aliphatic imine (C=N–C) groups is 1. The summed E-state index contributed by atoms with van der Waals surface area (Å²) in [5.41, 5.74) is 6.01. The SMILES string of the molecule is NC1=NCC2(CCCCCCCCCCC2)N1. The van der Waals surface area contributed by atoms with Crippen molar-refractivity contribution >= 4 is 5.96 Å². The lowest BCUT2D eigenvalue weighted by Crippen LogP contribution is -2.48. The van der Waals surface area contributed by atoms with E-state index in [1.807, 2.05) is 0 Å². The molecular weight excluding hydrogens is 210 g/mol. The average molecular weight is 237 g/mol. The van der Waals surface area contributed by atoms with Crippen LogP contribution >= 0.6 is 0 Å². The predicted octanol–water partition coefficient (Wildman–Crippen LogP) is 2.95. The molecule has 1 aliphatic heterocycles. The minimum absolute atomic E-state index is 0.212. The van der Waals surface area contributed by atoms with Crippen molar-refractivity contribution < 1.29 is 0 Å². The van der Waals surface area contributed by atoms with Gasteiger partial charge in [0.1, 0.15) is 0 Å². The monoisotopic (exact) mass is 237 g/mol. The van der Waals surface area contributed by atoms with Crippen molar-refractivity contribution in [1.82, 2.24) is 5.32 Å². The maximum absolute atomic E-state index is 5.80. The first-order chi connectivity index (χ1) is 8.31. The summed E-state index contributed by atoms with van der Waals surface area (Å²) in [5, 5.41) is 3.45. The molecule has 17 heavy (non-hydrogen) atoms. The van der Waals surface area contributed by atoms with Crippen molar-refractivity contribution in [1.29, 1.82) is 0 Å². The number of hydrogen-bond acceptors (Lipinski definition) is 3. The molecule has 3 heteroatoms. The van der Waals surface area contributed by atoms with Gasteiger partial charge in [0.2, 0.25) is 0 Å². The zero-order valence-electron chi connectivity index (χ0n) is 11.0. The van der Waals surface area contributed by atoms with E-state index in [1.165, 1.54) is 70.6 Å². The fourth-order valence-electron chi connectivity index (χ4n) is 3.16. The summed E-state index contributed by atoms with van der Waals surface area (Å²) >= 11 is 0. The molecule has 0 aromatic carbocycles.